The molecule has 116 valence electrons. The molecule has 1 saturated carbocycles. The molecule has 0 aromatic heterocycles. The van der Waals surface area contributed by atoms with Crippen LogP contribution in [0.4, 0.5) is 0 Å². The lowest BCUT2D eigenvalue weighted by atomic mass is 9.75. The molecule has 0 atom stereocenters. The zero-order valence-electron chi connectivity index (χ0n) is 12.5. The van der Waals surface area contributed by atoms with Gasteiger partial charge in [-0.05, 0) is 38.0 Å². The van der Waals surface area contributed by atoms with Crippen LogP contribution in [0.2, 0.25) is 0 Å². The molecular formula is C14H27N3O3. The Kier molecular flexibility index (Phi) is 6.78. The number of nitrogens with two attached hydrogens (primary N) is 1. The zero-order chi connectivity index (χ0) is 15.0. The van der Waals surface area contributed by atoms with Crippen LogP contribution in [0.1, 0.15) is 52.4 Å². The third-order valence-electron chi connectivity index (χ3n) is 4.09. The first-order valence-corrected chi connectivity index (χ1v) is 7.44. The Balaban J connectivity index is 2.64. The van der Waals surface area contributed by atoms with Crippen molar-refractivity contribution in [2.24, 2.45) is 16.8 Å². The van der Waals surface area contributed by atoms with E-state index in [0.717, 1.165) is 25.7 Å². The van der Waals surface area contributed by atoms with E-state index in [0.29, 0.717) is 25.4 Å². The van der Waals surface area contributed by atoms with Crippen LogP contribution in [0.3, 0.4) is 0 Å². The van der Waals surface area contributed by atoms with Crippen LogP contribution in [-0.4, -0.2) is 35.7 Å². The average Bonchev–Trinajstić information content (AvgIpc) is 2.47. The van der Waals surface area contributed by atoms with Crippen molar-refractivity contribution in [1.82, 2.24) is 5.32 Å². The van der Waals surface area contributed by atoms with Gasteiger partial charge in [0.05, 0.1) is 0 Å². The number of nitrogens with one attached hydrogen (secondary N) is 1. The van der Waals surface area contributed by atoms with Gasteiger partial charge in [0, 0.05) is 6.61 Å². The summed E-state index contributed by atoms with van der Waals surface area (Å²) in [6.45, 7) is 4.73. The Labute approximate surface area is 120 Å². The first-order valence-electron chi connectivity index (χ1n) is 7.44. The number of rotatable bonds is 7. The largest absolute Gasteiger partial charge is 0.409 e. The smallest absolute Gasteiger partial charge is 0.246 e. The molecule has 0 aromatic rings. The quantitative estimate of drug-likeness (QED) is 0.218. The number of hydrogen-bond donors (Lipinski definition) is 3. The van der Waals surface area contributed by atoms with Crippen molar-refractivity contribution in [3.8, 4) is 0 Å². The predicted octanol–water partition coefficient (Wildman–Crippen LogP) is 1.61. The van der Waals surface area contributed by atoms with Crippen LogP contribution in [0.25, 0.3) is 0 Å². The van der Waals surface area contributed by atoms with Gasteiger partial charge in [-0.1, -0.05) is 25.4 Å². The van der Waals surface area contributed by atoms with Gasteiger partial charge in [-0.3, -0.25) is 4.79 Å². The molecule has 0 spiro atoms. The average molecular weight is 285 g/mol. The maximum absolute atomic E-state index is 11.9. The number of ether oxygens (including phenoxy) is 1. The van der Waals surface area contributed by atoms with Gasteiger partial charge in [-0.25, -0.2) is 0 Å². The molecule has 0 radical (unpaired) electrons. The van der Waals surface area contributed by atoms with Gasteiger partial charge >= 0.3 is 0 Å². The molecular weight excluding hydrogens is 258 g/mol. The second-order valence-electron chi connectivity index (χ2n) is 5.52. The third-order valence-corrected chi connectivity index (χ3v) is 4.09. The second kappa shape index (κ2) is 8.09. The third kappa shape index (κ3) is 4.37. The van der Waals surface area contributed by atoms with Gasteiger partial charge in [-0.2, -0.15) is 0 Å². The fraction of sp³-hybridized carbons (Fsp3) is 0.857. The van der Waals surface area contributed by atoms with Gasteiger partial charge in [0.15, 0.2) is 5.84 Å². The molecule has 0 saturated heterocycles. The topological polar surface area (TPSA) is 96.9 Å². The van der Waals surface area contributed by atoms with Gasteiger partial charge in [0.2, 0.25) is 5.91 Å². The molecule has 1 fully saturated rings. The summed E-state index contributed by atoms with van der Waals surface area (Å²) >= 11 is 0. The zero-order valence-corrected chi connectivity index (χ0v) is 12.5. The molecule has 0 bridgehead atoms. The van der Waals surface area contributed by atoms with Crippen molar-refractivity contribution in [3.63, 3.8) is 0 Å². The second-order valence-corrected chi connectivity index (χ2v) is 5.52. The lowest BCUT2D eigenvalue weighted by molar-refractivity contribution is -0.127. The summed E-state index contributed by atoms with van der Waals surface area (Å²) in [7, 11) is 0. The number of hydrogen-bond acceptors (Lipinski definition) is 4. The number of amidine groups is 1. The Bertz CT molecular complexity index is 337. The van der Waals surface area contributed by atoms with E-state index in [1.54, 1.807) is 0 Å². The number of oxime groups is 1. The summed E-state index contributed by atoms with van der Waals surface area (Å²) in [5, 5.41) is 15.0. The summed E-state index contributed by atoms with van der Waals surface area (Å²) in [5.74, 6) is 0.541. The Hall–Kier alpha value is -1.30. The normalized spacial score (nSPS) is 27.3. The minimum Gasteiger partial charge on any atom is -0.409 e. The molecule has 0 aliphatic heterocycles. The summed E-state index contributed by atoms with van der Waals surface area (Å²) in [6.07, 6.45) is 5.37. The summed E-state index contributed by atoms with van der Waals surface area (Å²) < 4.78 is 5.23. The highest BCUT2D eigenvalue weighted by Gasteiger charge is 2.40. The van der Waals surface area contributed by atoms with Crippen LogP contribution >= 0.6 is 0 Å². The summed E-state index contributed by atoms with van der Waals surface area (Å²) in [4.78, 5) is 11.9. The number of carbonyl (C=O) groups is 1. The van der Waals surface area contributed by atoms with E-state index in [-0.39, 0.29) is 18.3 Å². The van der Waals surface area contributed by atoms with Gasteiger partial charge < -0.3 is 21.0 Å². The Morgan fingerprint density at radius 2 is 2.10 bits per heavy atom. The molecule has 0 heterocycles. The van der Waals surface area contributed by atoms with E-state index in [1.165, 1.54) is 0 Å². The molecule has 1 amide bonds. The van der Waals surface area contributed by atoms with Gasteiger partial charge in [0.1, 0.15) is 12.1 Å². The summed E-state index contributed by atoms with van der Waals surface area (Å²) in [5.41, 5.74) is 5.10. The monoisotopic (exact) mass is 285 g/mol. The standard InChI is InChI=1S/C14H27N3O3/c1-3-9-20-10-12(18)16-14(13(15)17-19)7-5-11(4-2)6-8-14/h11,19H,3-10H2,1-2H3,(H2,15,17)(H,16,18). The minimum absolute atomic E-state index is 0.0194. The van der Waals surface area contributed by atoms with E-state index in [9.17, 15) is 4.79 Å². The number of carbonyl (C=O) groups excluding carboxylic acids is 1. The molecule has 0 aromatic carbocycles. The maximum atomic E-state index is 11.9. The van der Waals surface area contributed by atoms with Crippen molar-refractivity contribution >= 4 is 11.7 Å². The van der Waals surface area contributed by atoms with E-state index in [4.69, 9.17) is 15.7 Å². The van der Waals surface area contributed by atoms with Gasteiger partial charge in [0.25, 0.3) is 0 Å². The molecule has 0 unspecified atom stereocenters. The van der Waals surface area contributed by atoms with Crippen LogP contribution in [0.5, 0.6) is 0 Å². The van der Waals surface area contributed by atoms with Crippen LogP contribution < -0.4 is 11.1 Å². The Morgan fingerprint density at radius 3 is 2.60 bits per heavy atom. The van der Waals surface area contributed by atoms with Gasteiger partial charge in [-0.15, -0.1) is 0 Å². The van der Waals surface area contributed by atoms with E-state index >= 15 is 0 Å². The van der Waals surface area contributed by atoms with Crippen LogP contribution in [0.15, 0.2) is 5.16 Å². The van der Waals surface area contributed by atoms with Crippen molar-refractivity contribution in [2.75, 3.05) is 13.2 Å². The first kappa shape index (κ1) is 16.8. The summed E-state index contributed by atoms with van der Waals surface area (Å²) in [6, 6.07) is 0. The van der Waals surface area contributed by atoms with E-state index < -0.39 is 5.54 Å². The highest BCUT2D eigenvalue weighted by molar-refractivity contribution is 5.94. The number of amides is 1. The van der Waals surface area contributed by atoms with Crippen molar-refractivity contribution in [3.05, 3.63) is 0 Å². The molecule has 20 heavy (non-hydrogen) atoms. The highest BCUT2D eigenvalue weighted by Crippen LogP contribution is 2.34. The lowest BCUT2D eigenvalue weighted by Gasteiger charge is -2.39. The molecule has 1 aliphatic carbocycles. The number of nitrogens with zero attached hydrogens (tertiary/aromatic N) is 1. The van der Waals surface area contributed by atoms with E-state index in [2.05, 4.69) is 17.4 Å². The van der Waals surface area contributed by atoms with Crippen molar-refractivity contribution < 1.29 is 14.7 Å². The fourth-order valence-electron chi connectivity index (χ4n) is 2.73. The van der Waals surface area contributed by atoms with Crippen LogP contribution in [0, 0.1) is 5.92 Å². The molecule has 1 aliphatic rings. The van der Waals surface area contributed by atoms with Crippen molar-refractivity contribution in [2.45, 2.75) is 57.9 Å². The predicted molar refractivity (Wildman–Crippen MR) is 77.6 cm³/mol. The first-order chi connectivity index (χ1) is 9.57. The fourth-order valence-corrected chi connectivity index (χ4v) is 2.73. The highest BCUT2D eigenvalue weighted by atomic mass is 16.5. The molecule has 1 rings (SSSR count). The minimum atomic E-state index is -0.715. The van der Waals surface area contributed by atoms with E-state index in [1.807, 2.05) is 6.92 Å². The van der Waals surface area contributed by atoms with Crippen molar-refractivity contribution in [1.29, 1.82) is 0 Å². The molecule has 6 nitrogen and oxygen atoms in total. The Morgan fingerprint density at radius 1 is 1.45 bits per heavy atom. The van der Waals surface area contributed by atoms with Crippen LogP contribution in [-0.2, 0) is 9.53 Å². The SMILES string of the molecule is CCCOCC(=O)NC1(C(N)=NO)CCC(CC)CC1. The maximum Gasteiger partial charge on any atom is 0.246 e. The molecule has 4 N–H and O–H groups in total. The molecule has 6 heteroatoms. The lowest BCUT2D eigenvalue weighted by Crippen LogP contribution is -2.59.